The van der Waals surface area contributed by atoms with Crippen molar-refractivity contribution in [3.05, 3.63) is 82.9 Å². The molecule has 1 unspecified atom stereocenters. The van der Waals surface area contributed by atoms with E-state index in [2.05, 4.69) is 48.2 Å². The second kappa shape index (κ2) is 8.45. The third kappa shape index (κ3) is 3.70. The number of piperazine rings is 1. The Morgan fingerprint density at radius 3 is 2.12 bits per heavy atom. The molecule has 0 aliphatic carbocycles. The average Bonchev–Trinajstić information content (AvgIpc) is 3.10. The van der Waals surface area contributed by atoms with Crippen LogP contribution in [0.4, 0.5) is 0 Å². The van der Waals surface area contributed by atoms with Crippen molar-refractivity contribution in [2.24, 2.45) is 0 Å². The minimum absolute atomic E-state index is 0.175. The van der Waals surface area contributed by atoms with E-state index >= 15 is 0 Å². The Balaban J connectivity index is 1.25. The normalized spacial score (nSPS) is 17.5. The van der Waals surface area contributed by atoms with Gasteiger partial charge in [0.05, 0.1) is 11.1 Å². The van der Waals surface area contributed by atoms with Crippen molar-refractivity contribution >= 4 is 28.5 Å². The maximum atomic E-state index is 13.2. The zero-order chi connectivity index (χ0) is 23.1. The summed E-state index contributed by atoms with van der Waals surface area (Å²) in [6.07, 6.45) is 0. The summed E-state index contributed by atoms with van der Waals surface area (Å²) >= 11 is 0. The molecule has 1 saturated heterocycles. The Morgan fingerprint density at radius 2 is 1.45 bits per heavy atom. The van der Waals surface area contributed by atoms with Crippen LogP contribution in [-0.4, -0.2) is 64.6 Å². The number of carbonyl (C=O) groups is 3. The van der Waals surface area contributed by atoms with Gasteiger partial charge in [-0.25, -0.2) is 0 Å². The lowest BCUT2D eigenvalue weighted by Gasteiger charge is -2.37. The number of imide groups is 1. The molecule has 0 radical (unpaired) electrons. The number of rotatable bonds is 4. The van der Waals surface area contributed by atoms with Gasteiger partial charge in [0, 0.05) is 32.7 Å². The predicted octanol–water partition coefficient (Wildman–Crippen LogP) is 3.48. The molecular formula is C27H27N3O3. The molecule has 2 aliphatic heterocycles. The van der Waals surface area contributed by atoms with E-state index in [1.807, 2.05) is 0 Å². The molecular weight excluding hydrogens is 414 g/mol. The molecule has 5 rings (SSSR count). The van der Waals surface area contributed by atoms with E-state index in [-0.39, 0.29) is 17.7 Å². The first-order valence-electron chi connectivity index (χ1n) is 11.4. The van der Waals surface area contributed by atoms with Gasteiger partial charge in [0.15, 0.2) is 0 Å². The predicted molar refractivity (Wildman–Crippen MR) is 127 cm³/mol. The minimum Gasteiger partial charge on any atom is -0.338 e. The molecule has 168 valence electrons. The lowest BCUT2D eigenvalue weighted by Crippen LogP contribution is -2.55. The van der Waals surface area contributed by atoms with E-state index in [9.17, 15) is 14.4 Å². The fraction of sp³-hybridized carbons (Fsp3) is 0.296. The van der Waals surface area contributed by atoms with Crippen LogP contribution in [0.15, 0.2) is 60.7 Å². The molecule has 0 bridgehead atoms. The van der Waals surface area contributed by atoms with Crippen LogP contribution in [0.5, 0.6) is 0 Å². The topological polar surface area (TPSA) is 60.9 Å². The lowest BCUT2D eigenvalue weighted by atomic mass is 9.99. The summed E-state index contributed by atoms with van der Waals surface area (Å²) in [5, 5.41) is 2.51. The molecule has 2 heterocycles. The molecule has 0 aromatic heterocycles. The second-order valence-corrected chi connectivity index (χ2v) is 8.89. The molecule has 3 aromatic rings. The standard InChI is InChI=1S/C27H27N3O3/c1-18-11-12-20-7-3-4-8-21(20)24(18)17-28-13-15-29(16-14-28)25(31)19(2)30-26(32)22-9-5-6-10-23(22)27(30)33/h3-12,19H,13-17H2,1-2H3. The van der Waals surface area contributed by atoms with Gasteiger partial charge in [-0.2, -0.15) is 0 Å². The van der Waals surface area contributed by atoms with Gasteiger partial charge in [0.25, 0.3) is 11.8 Å². The quantitative estimate of drug-likeness (QED) is 0.582. The summed E-state index contributed by atoms with van der Waals surface area (Å²) in [5.74, 6) is -0.950. The van der Waals surface area contributed by atoms with E-state index in [0.717, 1.165) is 24.5 Å². The van der Waals surface area contributed by atoms with E-state index in [4.69, 9.17) is 0 Å². The van der Waals surface area contributed by atoms with Gasteiger partial charge in [-0.05, 0) is 47.9 Å². The van der Waals surface area contributed by atoms with Gasteiger partial charge in [-0.3, -0.25) is 24.2 Å². The van der Waals surface area contributed by atoms with Crippen molar-refractivity contribution in [3.63, 3.8) is 0 Å². The Labute approximate surface area is 193 Å². The van der Waals surface area contributed by atoms with Crippen molar-refractivity contribution < 1.29 is 14.4 Å². The first kappa shape index (κ1) is 21.3. The van der Waals surface area contributed by atoms with Crippen LogP contribution in [-0.2, 0) is 11.3 Å². The highest BCUT2D eigenvalue weighted by Crippen LogP contribution is 2.26. The van der Waals surface area contributed by atoms with E-state index in [0.29, 0.717) is 24.2 Å². The van der Waals surface area contributed by atoms with Crippen molar-refractivity contribution in [3.8, 4) is 0 Å². The molecule has 6 heteroatoms. The molecule has 3 amide bonds. The van der Waals surface area contributed by atoms with Crippen LogP contribution in [0.25, 0.3) is 10.8 Å². The third-order valence-corrected chi connectivity index (χ3v) is 6.91. The fourth-order valence-electron chi connectivity index (χ4n) is 4.94. The van der Waals surface area contributed by atoms with E-state index in [1.165, 1.54) is 21.9 Å². The molecule has 1 fully saturated rings. The van der Waals surface area contributed by atoms with Gasteiger partial charge >= 0.3 is 0 Å². The Hall–Kier alpha value is -3.51. The zero-order valence-corrected chi connectivity index (χ0v) is 19.0. The monoisotopic (exact) mass is 441 g/mol. The Morgan fingerprint density at radius 1 is 0.848 bits per heavy atom. The highest BCUT2D eigenvalue weighted by atomic mass is 16.2. The van der Waals surface area contributed by atoms with Crippen LogP contribution in [0.2, 0.25) is 0 Å². The number of hydrogen-bond donors (Lipinski definition) is 0. The average molecular weight is 442 g/mol. The van der Waals surface area contributed by atoms with Crippen molar-refractivity contribution in [2.45, 2.75) is 26.4 Å². The largest absolute Gasteiger partial charge is 0.338 e. The van der Waals surface area contributed by atoms with Crippen molar-refractivity contribution in [1.29, 1.82) is 0 Å². The third-order valence-electron chi connectivity index (χ3n) is 6.91. The number of hydrogen-bond acceptors (Lipinski definition) is 4. The molecule has 2 aliphatic rings. The first-order chi connectivity index (χ1) is 16.0. The maximum Gasteiger partial charge on any atom is 0.262 e. The van der Waals surface area contributed by atoms with Gasteiger partial charge in [0.1, 0.15) is 6.04 Å². The SMILES string of the molecule is Cc1ccc2ccccc2c1CN1CCN(C(=O)C(C)N2C(=O)c3ccccc3C2=O)CC1. The number of aryl methyl sites for hydroxylation is 1. The molecule has 0 N–H and O–H groups in total. The van der Waals surface area contributed by atoms with Gasteiger partial charge in [0.2, 0.25) is 5.91 Å². The number of carbonyl (C=O) groups excluding carboxylic acids is 3. The van der Waals surface area contributed by atoms with E-state index in [1.54, 1.807) is 36.1 Å². The molecule has 0 saturated carbocycles. The Bertz CT molecular complexity index is 1230. The molecule has 3 aromatic carbocycles. The lowest BCUT2D eigenvalue weighted by molar-refractivity contribution is -0.136. The van der Waals surface area contributed by atoms with Gasteiger partial charge in [-0.15, -0.1) is 0 Å². The summed E-state index contributed by atoms with van der Waals surface area (Å²) < 4.78 is 0. The second-order valence-electron chi connectivity index (χ2n) is 8.89. The van der Waals surface area contributed by atoms with Crippen LogP contribution in [0, 0.1) is 6.92 Å². The number of nitrogens with zero attached hydrogens (tertiary/aromatic N) is 3. The maximum absolute atomic E-state index is 13.2. The first-order valence-corrected chi connectivity index (χ1v) is 11.4. The summed E-state index contributed by atoms with van der Waals surface area (Å²) in [6, 6.07) is 18.7. The van der Waals surface area contributed by atoms with Crippen molar-refractivity contribution in [1.82, 2.24) is 14.7 Å². The summed E-state index contributed by atoms with van der Waals surface area (Å²) in [6.45, 7) is 7.29. The van der Waals surface area contributed by atoms with E-state index < -0.39 is 6.04 Å². The van der Waals surface area contributed by atoms with Crippen LogP contribution in [0.1, 0.15) is 38.8 Å². The molecule has 0 spiro atoms. The van der Waals surface area contributed by atoms with Crippen LogP contribution >= 0.6 is 0 Å². The molecule has 33 heavy (non-hydrogen) atoms. The minimum atomic E-state index is -0.815. The Kier molecular flexibility index (Phi) is 5.46. The molecule has 6 nitrogen and oxygen atoms in total. The summed E-state index contributed by atoms with van der Waals surface area (Å²) in [4.78, 5) is 43.9. The van der Waals surface area contributed by atoms with Crippen molar-refractivity contribution in [2.75, 3.05) is 26.2 Å². The fourth-order valence-corrected chi connectivity index (χ4v) is 4.94. The highest BCUT2D eigenvalue weighted by molar-refractivity contribution is 6.22. The number of amides is 3. The van der Waals surface area contributed by atoms with Crippen LogP contribution in [0.3, 0.4) is 0 Å². The molecule has 1 atom stereocenters. The number of fused-ring (bicyclic) bond motifs is 2. The summed E-state index contributed by atoms with van der Waals surface area (Å²) in [5.41, 5.74) is 3.34. The van der Waals surface area contributed by atoms with Gasteiger partial charge in [-0.1, -0.05) is 48.5 Å². The summed E-state index contributed by atoms with van der Waals surface area (Å²) in [7, 11) is 0. The smallest absolute Gasteiger partial charge is 0.262 e. The number of benzene rings is 3. The van der Waals surface area contributed by atoms with Gasteiger partial charge < -0.3 is 4.90 Å². The highest BCUT2D eigenvalue weighted by Gasteiger charge is 2.42. The zero-order valence-electron chi connectivity index (χ0n) is 19.0. The van der Waals surface area contributed by atoms with Crippen LogP contribution < -0.4 is 0 Å².